The molecule has 0 aliphatic rings. The summed E-state index contributed by atoms with van der Waals surface area (Å²) in [7, 11) is -1.88. The lowest BCUT2D eigenvalue weighted by atomic mass is 10.4. The van der Waals surface area contributed by atoms with E-state index in [0.717, 1.165) is 0 Å². The van der Waals surface area contributed by atoms with E-state index in [9.17, 15) is 8.42 Å². The number of benzene rings is 1. The molecule has 0 amide bonds. The highest BCUT2D eigenvalue weighted by molar-refractivity contribution is 14.0. The molecule has 0 spiro atoms. The summed E-state index contributed by atoms with van der Waals surface area (Å²) in [4.78, 5) is 4.18. The van der Waals surface area contributed by atoms with Crippen molar-refractivity contribution in [1.82, 2.24) is 15.4 Å². The van der Waals surface area contributed by atoms with E-state index >= 15 is 0 Å². The SMILES string of the molecule is CN=C(NCCNS(=O)(=O)c1cccc(Cl)c1)NC(C)C.I. The summed E-state index contributed by atoms with van der Waals surface area (Å²) < 4.78 is 26.6. The summed E-state index contributed by atoms with van der Waals surface area (Å²) >= 11 is 5.79. The van der Waals surface area contributed by atoms with Crippen LogP contribution in [0, 0.1) is 0 Å². The molecule has 1 aromatic rings. The normalized spacial score (nSPS) is 12.0. The van der Waals surface area contributed by atoms with Crippen molar-refractivity contribution < 1.29 is 8.42 Å². The zero-order chi connectivity index (χ0) is 15.9. The van der Waals surface area contributed by atoms with E-state index in [1.54, 1.807) is 19.2 Å². The molecule has 1 aromatic carbocycles. The Bertz CT molecular complexity index is 593. The second kappa shape index (κ2) is 10.2. The Morgan fingerprint density at radius 2 is 2.00 bits per heavy atom. The van der Waals surface area contributed by atoms with Crippen LogP contribution in [0.3, 0.4) is 0 Å². The maximum absolute atomic E-state index is 12.0. The number of nitrogens with one attached hydrogen (secondary N) is 3. The van der Waals surface area contributed by atoms with Crippen LogP contribution in [0.4, 0.5) is 0 Å². The van der Waals surface area contributed by atoms with E-state index in [1.165, 1.54) is 12.1 Å². The summed E-state index contributed by atoms with van der Waals surface area (Å²) in [6.07, 6.45) is 0. The smallest absolute Gasteiger partial charge is 0.240 e. The van der Waals surface area contributed by atoms with Crippen LogP contribution in [0.5, 0.6) is 0 Å². The van der Waals surface area contributed by atoms with Crippen LogP contribution in [0.2, 0.25) is 5.02 Å². The second-order valence-electron chi connectivity index (χ2n) is 4.65. The van der Waals surface area contributed by atoms with E-state index in [-0.39, 0.29) is 41.5 Å². The number of hydrogen-bond acceptors (Lipinski definition) is 3. The molecular formula is C13H22ClIN4O2S. The first-order valence-corrected chi connectivity index (χ1v) is 8.43. The van der Waals surface area contributed by atoms with Gasteiger partial charge in [0.05, 0.1) is 4.90 Å². The third-order valence-electron chi connectivity index (χ3n) is 2.46. The van der Waals surface area contributed by atoms with E-state index in [4.69, 9.17) is 11.6 Å². The summed E-state index contributed by atoms with van der Waals surface area (Å²) in [5.41, 5.74) is 0. The molecule has 0 saturated carbocycles. The molecule has 1 rings (SSSR count). The fourth-order valence-electron chi connectivity index (χ4n) is 1.55. The highest BCUT2D eigenvalue weighted by atomic mass is 127. The van der Waals surface area contributed by atoms with Crippen molar-refractivity contribution >= 4 is 51.6 Å². The first kappa shape index (κ1) is 21.4. The van der Waals surface area contributed by atoms with Crippen molar-refractivity contribution in [2.75, 3.05) is 20.1 Å². The van der Waals surface area contributed by atoms with Gasteiger partial charge in [-0.2, -0.15) is 0 Å². The quantitative estimate of drug-likeness (QED) is 0.262. The van der Waals surface area contributed by atoms with E-state index < -0.39 is 10.0 Å². The van der Waals surface area contributed by atoms with Gasteiger partial charge in [-0.05, 0) is 32.0 Å². The third kappa shape index (κ3) is 7.61. The van der Waals surface area contributed by atoms with Gasteiger partial charge in [-0.3, -0.25) is 4.99 Å². The van der Waals surface area contributed by atoms with Crippen LogP contribution in [-0.2, 0) is 10.0 Å². The zero-order valence-electron chi connectivity index (χ0n) is 12.8. The molecule has 126 valence electrons. The van der Waals surface area contributed by atoms with Crippen molar-refractivity contribution in [3.05, 3.63) is 29.3 Å². The summed E-state index contributed by atoms with van der Waals surface area (Å²) in [6, 6.07) is 6.39. The van der Waals surface area contributed by atoms with Crippen molar-refractivity contribution in [3.63, 3.8) is 0 Å². The number of rotatable bonds is 6. The molecule has 0 atom stereocenters. The summed E-state index contributed by atoms with van der Waals surface area (Å²) in [5.74, 6) is 0.631. The van der Waals surface area contributed by atoms with Crippen molar-refractivity contribution in [3.8, 4) is 0 Å². The van der Waals surface area contributed by atoms with Crippen molar-refractivity contribution in [2.24, 2.45) is 4.99 Å². The third-order valence-corrected chi connectivity index (χ3v) is 4.16. The molecule has 22 heavy (non-hydrogen) atoms. The van der Waals surface area contributed by atoms with Gasteiger partial charge >= 0.3 is 0 Å². The molecule has 0 unspecified atom stereocenters. The molecule has 0 aliphatic carbocycles. The first-order chi connectivity index (χ1) is 9.85. The Balaban J connectivity index is 0.00000441. The Morgan fingerprint density at radius 3 is 2.55 bits per heavy atom. The Hall–Kier alpha value is -0.580. The number of guanidine groups is 1. The van der Waals surface area contributed by atoms with Gasteiger partial charge in [-0.25, -0.2) is 13.1 Å². The lowest BCUT2D eigenvalue weighted by Crippen LogP contribution is -2.43. The molecule has 0 aromatic heterocycles. The molecule has 9 heteroatoms. The average molecular weight is 461 g/mol. The van der Waals surface area contributed by atoms with Gasteiger partial charge in [0.2, 0.25) is 10.0 Å². The molecule has 3 N–H and O–H groups in total. The van der Waals surface area contributed by atoms with Gasteiger partial charge in [-0.15, -0.1) is 24.0 Å². The highest BCUT2D eigenvalue weighted by Gasteiger charge is 2.13. The zero-order valence-corrected chi connectivity index (χ0v) is 16.7. The number of aliphatic imine (C=N–C) groups is 1. The first-order valence-electron chi connectivity index (χ1n) is 6.57. The number of hydrogen-bond donors (Lipinski definition) is 3. The minimum Gasteiger partial charge on any atom is -0.355 e. The molecule has 0 saturated heterocycles. The van der Waals surface area contributed by atoms with Crippen LogP contribution < -0.4 is 15.4 Å². The monoisotopic (exact) mass is 460 g/mol. The van der Waals surface area contributed by atoms with E-state index in [0.29, 0.717) is 17.5 Å². The molecule has 0 aliphatic heterocycles. The van der Waals surface area contributed by atoms with Gasteiger partial charge in [0.15, 0.2) is 5.96 Å². The molecule has 0 bridgehead atoms. The maximum Gasteiger partial charge on any atom is 0.240 e. The van der Waals surface area contributed by atoms with Gasteiger partial charge in [-0.1, -0.05) is 17.7 Å². The number of sulfonamides is 1. The van der Waals surface area contributed by atoms with E-state index in [2.05, 4.69) is 20.3 Å². The number of nitrogens with zero attached hydrogens (tertiary/aromatic N) is 1. The lowest BCUT2D eigenvalue weighted by Gasteiger charge is -2.14. The molecule has 0 fully saturated rings. The predicted octanol–water partition coefficient (Wildman–Crippen LogP) is 1.81. The van der Waals surface area contributed by atoms with Crippen LogP contribution in [0.25, 0.3) is 0 Å². The van der Waals surface area contributed by atoms with Gasteiger partial charge in [0.1, 0.15) is 0 Å². The van der Waals surface area contributed by atoms with Crippen LogP contribution in [0.15, 0.2) is 34.2 Å². The van der Waals surface area contributed by atoms with Gasteiger partial charge < -0.3 is 10.6 Å². The predicted molar refractivity (Wildman–Crippen MR) is 102 cm³/mol. The summed E-state index contributed by atoms with van der Waals surface area (Å²) in [5, 5.41) is 6.52. The van der Waals surface area contributed by atoms with Gasteiger partial charge in [0, 0.05) is 31.2 Å². The highest BCUT2D eigenvalue weighted by Crippen LogP contribution is 2.14. The topological polar surface area (TPSA) is 82.6 Å². The standard InChI is InChI=1S/C13H21ClN4O2S.HI/c1-10(2)18-13(15-3)16-7-8-17-21(19,20)12-6-4-5-11(14)9-12;/h4-6,9-10,17H,7-8H2,1-3H3,(H2,15,16,18);1H. The summed E-state index contributed by atoms with van der Waals surface area (Å²) in [6.45, 7) is 4.66. The molecule has 6 nitrogen and oxygen atoms in total. The molecular weight excluding hydrogens is 439 g/mol. The second-order valence-corrected chi connectivity index (χ2v) is 6.86. The van der Waals surface area contributed by atoms with Crippen molar-refractivity contribution in [1.29, 1.82) is 0 Å². The molecule has 0 radical (unpaired) electrons. The van der Waals surface area contributed by atoms with Gasteiger partial charge in [0.25, 0.3) is 0 Å². The largest absolute Gasteiger partial charge is 0.355 e. The Labute approximate surface area is 154 Å². The fourth-order valence-corrected chi connectivity index (χ4v) is 2.88. The minimum atomic E-state index is -3.55. The van der Waals surface area contributed by atoms with Crippen molar-refractivity contribution in [2.45, 2.75) is 24.8 Å². The maximum atomic E-state index is 12.0. The fraction of sp³-hybridized carbons (Fsp3) is 0.462. The van der Waals surface area contributed by atoms with Crippen LogP contribution in [-0.4, -0.2) is 40.6 Å². The minimum absolute atomic E-state index is 0. The Kier molecular flexibility index (Phi) is 9.97. The van der Waals surface area contributed by atoms with E-state index in [1.807, 2.05) is 13.8 Å². The molecule has 0 heterocycles. The average Bonchev–Trinajstić information content (AvgIpc) is 2.41. The van der Waals surface area contributed by atoms with Crippen LogP contribution >= 0.6 is 35.6 Å². The Morgan fingerprint density at radius 1 is 1.32 bits per heavy atom. The van der Waals surface area contributed by atoms with Crippen LogP contribution in [0.1, 0.15) is 13.8 Å². The number of halogens is 2. The lowest BCUT2D eigenvalue weighted by molar-refractivity contribution is 0.580.